The van der Waals surface area contributed by atoms with Crippen molar-refractivity contribution < 1.29 is 117 Å². The van der Waals surface area contributed by atoms with Crippen LogP contribution in [0.1, 0.15) is 127 Å². The van der Waals surface area contributed by atoms with Crippen molar-refractivity contribution in [2.45, 2.75) is 207 Å². The van der Waals surface area contributed by atoms with Crippen molar-refractivity contribution in [3.8, 4) is 11.5 Å². The van der Waals surface area contributed by atoms with Crippen molar-refractivity contribution in [2.75, 3.05) is 28.2 Å². The molecule has 0 heterocycles. The zero-order chi connectivity index (χ0) is 67.9. The third-order valence-electron chi connectivity index (χ3n) is 12.9. The minimum Gasteiger partial charge on any atom is -0.478 e. The van der Waals surface area contributed by atoms with E-state index in [9.17, 15) is 74.6 Å². The van der Waals surface area contributed by atoms with Gasteiger partial charge in [0.05, 0.1) is 0 Å². The SMILES string of the molecule is CC(C)C[C@H](C(=O)O[C@H](C)C(=O)N(C)[C@@H](CC(C)(C)F)C(=O)O[C@H](Cc1ccc(OC(F)(F)F)cc1)C(=O)O)N(C)C(=O)[C@@H](Cc1ccc(OC(F)(F)F)cc1)OC(=O)[C@H](CC(C)(C)F)N(C)C(=O)[C@@H](C)OC(=O)[C@H](CC(C)C)N(C)C(=O)OC(C)(C)C. The molecule has 88 heavy (non-hydrogen) atoms. The number of halogens is 8. The Morgan fingerprint density at radius 3 is 1.06 bits per heavy atom. The molecule has 1 N–H and O–H groups in total. The topological polar surface area (TPSA) is 251 Å². The summed E-state index contributed by atoms with van der Waals surface area (Å²) in [5, 5.41) is 9.95. The number of hydrogen-bond acceptors (Lipinski definition) is 16. The van der Waals surface area contributed by atoms with Crippen LogP contribution in [0.15, 0.2) is 48.5 Å². The number of benzene rings is 2. The molecule has 0 saturated heterocycles. The number of likely N-dealkylation sites (N-methyl/N-ethyl adjacent to an activating group) is 4. The molecule has 0 aliphatic rings. The van der Waals surface area contributed by atoms with Gasteiger partial charge in [-0.1, -0.05) is 52.0 Å². The fraction of sp³-hybridized carbons (Fsp3) is 0.644. The van der Waals surface area contributed by atoms with Gasteiger partial charge in [0.1, 0.15) is 52.6 Å². The van der Waals surface area contributed by atoms with Crippen LogP contribution in [0.4, 0.5) is 39.9 Å². The van der Waals surface area contributed by atoms with Crippen LogP contribution in [0.2, 0.25) is 0 Å². The van der Waals surface area contributed by atoms with E-state index < -0.39 is 175 Å². The van der Waals surface area contributed by atoms with Crippen LogP contribution in [-0.4, -0.2) is 185 Å². The molecule has 0 bridgehead atoms. The number of amides is 4. The monoisotopic (exact) mass is 1270 g/mol. The van der Waals surface area contributed by atoms with Crippen LogP contribution in [0.3, 0.4) is 0 Å². The first-order chi connectivity index (χ1) is 40.0. The van der Waals surface area contributed by atoms with Gasteiger partial charge in [-0.3, -0.25) is 19.3 Å². The number of ether oxygens (including phenoxy) is 7. The summed E-state index contributed by atoms with van der Waals surface area (Å²) in [7, 11) is 4.43. The van der Waals surface area contributed by atoms with Gasteiger partial charge >= 0.3 is 48.7 Å². The Balaban J connectivity index is 2.59. The van der Waals surface area contributed by atoms with Crippen LogP contribution in [0.5, 0.6) is 11.5 Å². The van der Waals surface area contributed by atoms with E-state index in [4.69, 9.17) is 23.7 Å². The van der Waals surface area contributed by atoms with E-state index in [-0.39, 0.29) is 29.9 Å². The van der Waals surface area contributed by atoms with Crippen LogP contribution in [-0.2, 0) is 74.9 Å². The summed E-state index contributed by atoms with van der Waals surface area (Å²) in [5.74, 6) is -12.3. The summed E-state index contributed by atoms with van der Waals surface area (Å²) in [6.45, 7) is 18.0. The second-order valence-corrected chi connectivity index (χ2v) is 24.2. The van der Waals surface area contributed by atoms with Crippen LogP contribution in [0.25, 0.3) is 0 Å². The number of carbonyl (C=O) groups excluding carboxylic acids is 8. The molecular weight excluding hydrogens is 1190 g/mol. The maximum atomic E-state index is 15.7. The standard InChI is InChI=1S/C59H82F8N4O17/c1-32(2)26-40(50(77)82-34(5)46(72)70(16)43(31-57(12,13)61)53(80)85-45(49(75)76)29-37-20-24-39(25-21-37)87-59(65,66)67)68(14)48(74)44(28-36-18-22-38(23-19-36)86-58(62,63)64)84-52(79)42(30-56(10,11)60)69(15)47(73)35(6)83-51(78)41(27-33(3)4)71(17)54(81)88-55(7,8)9/h18-25,32-35,40-45H,26-31H2,1-17H3,(H,75,76)/t34-,35-,40-,41+,42+,43+,44-,45-/m1/s1. The third-order valence-corrected chi connectivity index (χ3v) is 12.9. The number of aliphatic carboxylic acids is 1. The number of carbonyl (C=O) groups is 9. The summed E-state index contributed by atoms with van der Waals surface area (Å²) in [6.07, 6.45) is -21.7. The Morgan fingerprint density at radius 2 is 0.750 bits per heavy atom. The minimum absolute atomic E-state index is 0.0341. The third kappa shape index (κ3) is 26.5. The Labute approximate surface area is 506 Å². The molecule has 4 amide bonds. The van der Waals surface area contributed by atoms with Crippen LogP contribution in [0, 0.1) is 11.8 Å². The second-order valence-electron chi connectivity index (χ2n) is 24.2. The molecule has 2 aromatic rings. The summed E-state index contributed by atoms with van der Waals surface area (Å²) in [6, 6.07) is 1.11. The Hall–Kier alpha value is -7.49. The van der Waals surface area contributed by atoms with Gasteiger partial charge in [-0.15, -0.1) is 26.3 Å². The molecule has 2 aromatic carbocycles. The molecule has 8 atom stereocenters. The number of nitrogens with zero attached hydrogens (tertiary/aromatic N) is 4. The van der Waals surface area contributed by atoms with Crippen molar-refractivity contribution >= 4 is 53.7 Å². The molecule has 0 aromatic heterocycles. The molecule has 0 fully saturated rings. The van der Waals surface area contributed by atoms with Gasteiger partial charge in [-0.2, -0.15) is 0 Å². The lowest BCUT2D eigenvalue weighted by Gasteiger charge is -2.35. The lowest BCUT2D eigenvalue weighted by atomic mass is 9.98. The van der Waals surface area contributed by atoms with Crippen molar-refractivity contribution in [2.24, 2.45) is 11.8 Å². The molecule has 0 saturated carbocycles. The zero-order valence-corrected chi connectivity index (χ0v) is 52.4. The van der Waals surface area contributed by atoms with Crippen LogP contribution < -0.4 is 9.47 Å². The molecule has 0 aliphatic carbocycles. The van der Waals surface area contributed by atoms with Gasteiger partial charge in [0.15, 0.2) is 18.3 Å². The van der Waals surface area contributed by atoms with Gasteiger partial charge in [0.2, 0.25) is 6.10 Å². The van der Waals surface area contributed by atoms with Gasteiger partial charge < -0.3 is 53.0 Å². The summed E-state index contributed by atoms with van der Waals surface area (Å²) in [4.78, 5) is 128. The molecule has 0 spiro atoms. The minimum atomic E-state index is -5.10. The predicted molar refractivity (Wildman–Crippen MR) is 298 cm³/mol. The quantitative estimate of drug-likeness (QED) is 0.0435. The predicted octanol–water partition coefficient (Wildman–Crippen LogP) is 9.13. The average molecular weight is 1270 g/mol. The Morgan fingerprint density at radius 1 is 0.443 bits per heavy atom. The first kappa shape index (κ1) is 76.6. The van der Waals surface area contributed by atoms with E-state index in [1.54, 1.807) is 48.5 Å². The van der Waals surface area contributed by atoms with E-state index >= 15 is 8.78 Å². The molecule has 0 aliphatic heterocycles. The molecule has 21 nitrogen and oxygen atoms in total. The number of esters is 4. The fourth-order valence-electron chi connectivity index (χ4n) is 8.60. The number of carboxylic acid groups (broad SMARTS) is 1. The van der Waals surface area contributed by atoms with Crippen molar-refractivity contribution in [1.82, 2.24) is 19.6 Å². The molecule has 496 valence electrons. The summed E-state index contributed by atoms with van der Waals surface area (Å²) in [5.41, 5.74) is -5.38. The van der Waals surface area contributed by atoms with Gasteiger partial charge in [0.25, 0.3) is 17.7 Å². The highest BCUT2D eigenvalue weighted by Gasteiger charge is 2.44. The Bertz CT molecular complexity index is 2710. The van der Waals surface area contributed by atoms with Gasteiger partial charge in [-0.25, -0.2) is 37.5 Å². The highest BCUT2D eigenvalue weighted by Crippen LogP contribution is 2.29. The first-order valence-electron chi connectivity index (χ1n) is 27.9. The van der Waals surface area contributed by atoms with E-state index in [0.29, 0.717) is 9.80 Å². The van der Waals surface area contributed by atoms with E-state index in [1.807, 2.05) is 0 Å². The van der Waals surface area contributed by atoms with Crippen molar-refractivity contribution in [3.05, 3.63) is 59.7 Å². The Kier molecular flexibility index (Phi) is 27.5. The fourth-order valence-corrected chi connectivity index (χ4v) is 8.60. The average Bonchev–Trinajstić information content (AvgIpc) is 3.11. The van der Waals surface area contributed by atoms with Crippen LogP contribution >= 0.6 is 0 Å². The second kappa shape index (κ2) is 31.6. The van der Waals surface area contributed by atoms with E-state index in [0.717, 1.165) is 121 Å². The molecule has 0 radical (unpaired) electrons. The van der Waals surface area contributed by atoms with Gasteiger partial charge in [0, 0.05) is 53.9 Å². The number of rotatable bonds is 30. The maximum absolute atomic E-state index is 15.7. The normalized spacial score (nSPS) is 15.0. The first-order valence-corrected chi connectivity index (χ1v) is 27.9. The van der Waals surface area contributed by atoms with Gasteiger partial charge in [-0.05, 0) is 122 Å². The molecule has 29 heteroatoms. The van der Waals surface area contributed by atoms with Crippen molar-refractivity contribution in [3.63, 3.8) is 0 Å². The lowest BCUT2D eigenvalue weighted by molar-refractivity contribution is -0.275. The molecular formula is C59H82F8N4O17. The number of alkyl halides is 8. The maximum Gasteiger partial charge on any atom is 0.573 e. The van der Waals surface area contributed by atoms with E-state index in [2.05, 4.69) is 9.47 Å². The highest BCUT2D eigenvalue weighted by molar-refractivity contribution is 5.93. The lowest BCUT2D eigenvalue weighted by Crippen LogP contribution is -2.54. The number of hydrogen-bond donors (Lipinski definition) is 1. The largest absolute Gasteiger partial charge is 0.573 e. The molecule has 0 unspecified atom stereocenters. The van der Waals surface area contributed by atoms with E-state index in [1.165, 1.54) is 7.05 Å². The zero-order valence-electron chi connectivity index (χ0n) is 52.4. The summed E-state index contributed by atoms with van der Waals surface area (Å²) >= 11 is 0. The summed E-state index contributed by atoms with van der Waals surface area (Å²) < 4.78 is 144. The highest BCUT2D eigenvalue weighted by atomic mass is 19.4. The number of carboxylic acids is 1. The smallest absolute Gasteiger partial charge is 0.478 e. The molecule has 2 rings (SSSR count). The van der Waals surface area contributed by atoms with Crippen molar-refractivity contribution in [1.29, 1.82) is 0 Å².